The number of benzene rings is 3. The van der Waals surface area contributed by atoms with Gasteiger partial charge in [-0.1, -0.05) is 53.5 Å². The molecule has 2 N–H and O–H groups in total. The standard InChI is InChI=1S/C31H31Cl2FN4O5/c1-37-15-23(30(40)38(2)31(37)41)29(39)36-25-9-5-8-21(28(25)33)20-7-4-6-19(27(20)32)17-12-24(34)22(26(13-17)42-3)14-35-18-10-11-43-16-18/h4-9,12-13,18,23,35H,10-11,14-16H2,1-3H3,(H,36,39)/t18-,23?/m1/s1. The highest BCUT2D eigenvalue weighted by Crippen LogP contribution is 2.42. The zero-order valence-electron chi connectivity index (χ0n) is 23.9. The van der Waals surface area contributed by atoms with E-state index in [1.165, 1.54) is 32.2 Å². The zero-order valence-corrected chi connectivity index (χ0v) is 25.4. The third-order valence-corrected chi connectivity index (χ3v) is 8.56. The number of urea groups is 1. The molecule has 43 heavy (non-hydrogen) atoms. The molecule has 2 aliphatic rings. The second-order valence-corrected chi connectivity index (χ2v) is 11.3. The third-order valence-electron chi connectivity index (χ3n) is 7.74. The molecule has 0 saturated carbocycles. The minimum atomic E-state index is -1.09. The van der Waals surface area contributed by atoms with Crippen molar-refractivity contribution in [2.24, 2.45) is 5.92 Å². The van der Waals surface area contributed by atoms with Gasteiger partial charge in [0.05, 0.1) is 29.4 Å². The van der Waals surface area contributed by atoms with Crippen LogP contribution in [0, 0.1) is 11.7 Å². The van der Waals surface area contributed by atoms with Crippen molar-refractivity contribution < 1.29 is 28.2 Å². The fraction of sp³-hybridized carbons (Fsp3) is 0.323. The van der Waals surface area contributed by atoms with E-state index in [2.05, 4.69) is 10.6 Å². The minimum Gasteiger partial charge on any atom is -0.496 e. The first kappa shape index (κ1) is 30.7. The molecule has 2 heterocycles. The predicted octanol–water partition coefficient (Wildman–Crippen LogP) is 5.43. The number of ether oxygens (including phenoxy) is 2. The topological polar surface area (TPSA) is 100 Å². The number of imide groups is 1. The number of nitrogens with zero attached hydrogens (tertiary/aromatic N) is 2. The Labute approximate surface area is 258 Å². The summed E-state index contributed by atoms with van der Waals surface area (Å²) >= 11 is 13.7. The van der Waals surface area contributed by atoms with E-state index in [1.54, 1.807) is 42.5 Å². The Hall–Kier alpha value is -3.70. The molecule has 0 aliphatic carbocycles. The lowest BCUT2D eigenvalue weighted by molar-refractivity contribution is -0.140. The van der Waals surface area contributed by atoms with Gasteiger partial charge in [0.1, 0.15) is 17.5 Å². The quantitative estimate of drug-likeness (QED) is 0.323. The van der Waals surface area contributed by atoms with Crippen LogP contribution in [0.25, 0.3) is 22.3 Å². The number of hydrogen-bond acceptors (Lipinski definition) is 6. The monoisotopic (exact) mass is 628 g/mol. The molecule has 4 amide bonds. The van der Waals surface area contributed by atoms with Gasteiger partial charge in [-0.15, -0.1) is 0 Å². The highest BCUT2D eigenvalue weighted by molar-refractivity contribution is 6.39. The summed E-state index contributed by atoms with van der Waals surface area (Å²) in [6.45, 7) is 1.51. The van der Waals surface area contributed by atoms with Gasteiger partial charge < -0.3 is 25.0 Å². The molecule has 0 bridgehead atoms. The Morgan fingerprint density at radius 1 is 1.07 bits per heavy atom. The zero-order chi connectivity index (χ0) is 30.8. The maximum Gasteiger partial charge on any atom is 0.326 e. The fourth-order valence-electron chi connectivity index (χ4n) is 5.29. The van der Waals surface area contributed by atoms with Crippen LogP contribution in [-0.2, 0) is 20.9 Å². The first-order chi connectivity index (χ1) is 20.6. The molecule has 3 aromatic carbocycles. The van der Waals surface area contributed by atoms with Crippen molar-refractivity contribution in [1.29, 1.82) is 0 Å². The van der Waals surface area contributed by atoms with Crippen LogP contribution < -0.4 is 15.4 Å². The maximum atomic E-state index is 15.4. The molecule has 2 fully saturated rings. The Kier molecular flexibility index (Phi) is 9.22. The van der Waals surface area contributed by atoms with Crippen molar-refractivity contribution in [3.05, 3.63) is 70.0 Å². The predicted molar refractivity (Wildman–Crippen MR) is 163 cm³/mol. The molecule has 9 nitrogen and oxygen atoms in total. The molecular weight excluding hydrogens is 598 g/mol. The van der Waals surface area contributed by atoms with E-state index < -0.39 is 29.6 Å². The summed E-state index contributed by atoms with van der Waals surface area (Å²) in [5, 5.41) is 6.57. The van der Waals surface area contributed by atoms with Gasteiger partial charge in [0, 0.05) is 62.1 Å². The molecule has 5 rings (SSSR count). The first-order valence-corrected chi connectivity index (χ1v) is 14.4. The molecule has 0 spiro atoms. The van der Waals surface area contributed by atoms with Crippen molar-refractivity contribution in [1.82, 2.24) is 15.1 Å². The lowest BCUT2D eigenvalue weighted by Gasteiger charge is -2.33. The highest BCUT2D eigenvalue weighted by atomic mass is 35.5. The van der Waals surface area contributed by atoms with E-state index >= 15 is 4.39 Å². The summed E-state index contributed by atoms with van der Waals surface area (Å²) in [5.41, 5.74) is 2.86. The van der Waals surface area contributed by atoms with Crippen molar-refractivity contribution in [3.8, 4) is 28.0 Å². The number of rotatable bonds is 8. The summed E-state index contributed by atoms with van der Waals surface area (Å²) in [6, 6.07) is 13.2. The van der Waals surface area contributed by atoms with Crippen LogP contribution in [0.15, 0.2) is 48.5 Å². The SMILES string of the molecule is COc1cc(-c2cccc(-c3cccc(NC(=O)C4CN(C)C(=O)N(C)C4=O)c3Cl)c2Cl)cc(F)c1CN[C@@H]1CCOC1. The van der Waals surface area contributed by atoms with Gasteiger partial charge in [-0.05, 0) is 30.2 Å². The number of carbonyl (C=O) groups is 3. The largest absolute Gasteiger partial charge is 0.496 e. The Bertz CT molecular complexity index is 1580. The summed E-state index contributed by atoms with van der Waals surface area (Å²) in [7, 11) is 4.35. The molecule has 0 aromatic heterocycles. The summed E-state index contributed by atoms with van der Waals surface area (Å²) in [6.07, 6.45) is 0.867. The van der Waals surface area contributed by atoms with E-state index in [0.717, 1.165) is 11.3 Å². The lowest BCUT2D eigenvalue weighted by Crippen LogP contribution is -2.56. The van der Waals surface area contributed by atoms with Gasteiger partial charge >= 0.3 is 6.03 Å². The number of hydrogen-bond donors (Lipinski definition) is 2. The van der Waals surface area contributed by atoms with Gasteiger partial charge in [-0.25, -0.2) is 9.18 Å². The van der Waals surface area contributed by atoms with E-state index in [-0.39, 0.29) is 23.3 Å². The Morgan fingerprint density at radius 3 is 2.47 bits per heavy atom. The first-order valence-electron chi connectivity index (χ1n) is 13.7. The molecule has 1 unspecified atom stereocenters. The van der Waals surface area contributed by atoms with Crippen molar-refractivity contribution in [3.63, 3.8) is 0 Å². The van der Waals surface area contributed by atoms with E-state index in [0.29, 0.717) is 58.3 Å². The van der Waals surface area contributed by atoms with Crippen molar-refractivity contribution >= 4 is 46.7 Å². The summed E-state index contributed by atoms with van der Waals surface area (Å²) in [4.78, 5) is 40.0. The molecule has 2 saturated heterocycles. The highest BCUT2D eigenvalue weighted by Gasteiger charge is 2.39. The van der Waals surface area contributed by atoms with Crippen molar-refractivity contribution in [2.45, 2.75) is 19.0 Å². The summed E-state index contributed by atoms with van der Waals surface area (Å²) < 4.78 is 26.3. The number of nitrogens with one attached hydrogen (secondary N) is 2. The molecule has 2 aliphatic heterocycles. The number of halogens is 3. The lowest BCUT2D eigenvalue weighted by atomic mass is 9.97. The second-order valence-electron chi connectivity index (χ2n) is 10.5. The van der Waals surface area contributed by atoms with E-state index in [4.69, 9.17) is 32.7 Å². The van der Waals surface area contributed by atoms with Crippen LogP contribution in [0.4, 0.5) is 14.9 Å². The molecule has 2 atom stereocenters. The van der Waals surface area contributed by atoms with Crippen molar-refractivity contribution in [2.75, 3.05) is 46.3 Å². The van der Waals surface area contributed by atoms with Gasteiger partial charge in [0.2, 0.25) is 11.8 Å². The van der Waals surface area contributed by atoms with Crippen LogP contribution >= 0.6 is 23.2 Å². The second kappa shape index (κ2) is 12.9. The van der Waals surface area contributed by atoms with Gasteiger partial charge in [0.15, 0.2) is 0 Å². The maximum absolute atomic E-state index is 15.4. The molecule has 226 valence electrons. The number of amides is 4. The van der Waals surface area contributed by atoms with E-state index in [1.807, 2.05) is 0 Å². The van der Waals surface area contributed by atoms with Crippen LogP contribution in [0.1, 0.15) is 12.0 Å². The molecule has 0 radical (unpaired) electrons. The van der Waals surface area contributed by atoms with Crippen LogP contribution in [0.2, 0.25) is 10.0 Å². The summed E-state index contributed by atoms with van der Waals surface area (Å²) in [5.74, 6) is -2.32. The van der Waals surface area contributed by atoms with Gasteiger partial charge in [-0.3, -0.25) is 14.5 Å². The molecule has 12 heteroatoms. The van der Waals surface area contributed by atoms with Crippen LogP contribution in [-0.4, -0.2) is 74.7 Å². The third kappa shape index (κ3) is 6.19. The number of anilines is 1. The van der Waals surface area contributed by atoms with Gasteiger partial charge in [0.25, 0.3) is 0 Å². The van der Waals surface area contributed by atoms with E-state index in [9.17, 15) is 14.4 Å². The molecular formula is C31H31Cl2FN4O5. The smallest absolute Gasteiger partial charge is 0.326 e. The van der Waals surface area contributed by atoms with Gasteiger partial charge in [-0.2, -0.15) is 0 Å². The normalized spacial score (nSPS) is 18.7. The van der Waals surface area contributed by atoms with Crippen LogP contribution in [0.3, 0.4) is 0 Å². The number of carbonyl (C=O) groups excluding carboxylic acids is 3. The Morgan fingerprint density at radius 2 is 1.77 bits per heavy atom. The average Bonchev–Trinajstić information content (AvgIpc) is 3.52. The molecule has 3 aromatic rings. The average molecular weight is 630 g/mol. The minimum absolute atomic E-state index is 0.0527. The number of methoxy groups -OCH3 is 1. The fourth-order valence-corrected chi connectivity index (χ4v) is 5.90. The van der Waals surface area contributed by atoms with Crippen LogP contribution in [0.5, 0.6) is 5.75 Å². The Balaban J connectivity index is 1.42.